The van der Waals surface area contributed by atoms with Crippen LogP contribution >= 0.6 is 0 Å². The predicted octanol–water partition coefficient (Wildman–Crippen LogP) is 18.5. The molecule has 1 atom stereocenters. The fourth-order valence-corrected chi connectivity index (χ4v) is 7.35. The maximum Gasteiger partial charge on any atom is 0.306 e. The number of hydrogen-bond acceptors (Lipinski definition) is 5. The molecule has 368 valence electrons. The first-order chi connectivity index (χ1) is 31.6. The van der Waals surface area contributed by atoms with Gasteiger partial charge in [0, 0.05) is 19.4 Å². The van der Waals surface area contributed by atoms with Crippen molar-refractivity contribution in [3.8, 4) is 0 Å². The van der Waals surface area contributed by atoms with Crippen LogP contribution in [0.3, 0.4) is 0 Å². The van der Waals surface area contributed by atoms with Crippen molar-refractivity contribution < 1.29 is 23.8 Å². The molecule has 0 aromatic rings. The molecule has 0 aliphatic carbocycles. The van der Waals surface area contributed by atoms with E-state index in [1.807, 2.05) is 0 Å². The van der Waals surface area contributed by atoms with Crippen molar-refractivity contribution in [3.63, 3.8) is 0 Å². The van der Waals surface area contributed by atoms with Crippen molar-refractivity contribution in [1.29, 1.82) is 0 Å². The van der Waals surface area contributed by atoms with Crippen LogP contribution in [-0.4, -0.2) is 37.9 Å². The maximum absolute atomic E-state index is 12.8. The first-order valence-electron chi connectivity index (χ1n) is 27.1. The van der Waals surface area contributed by atoms with E-state index in [0.29, 0.717) is 19.4 Å². The van der Waals surface area contributed by atoms with Crippen LogP contribution in [0, 0.1) is 0 Å². The van der Waals surface area contributed by atoms with Crippen LogP contribution in [0.2, 0.25) is 0 Å². The van der Waals surface area contributed by atoms with Gasteiger partial charge in [-0.1, -0.05) is 209 Å². The van der Waals surface area contributed by atoms with Crippen LogP contribution in [-0.2, 0) is 23.8 Å². The van der Waals surface area contributed by atoms with Crippen molar-refractivity contribution in [1.82, 2.24) is 0 Å². The molecule has 0 rings (SSSR count). The fourth-order valence-electron chi connectivity index (χ4n) is 7.35. The summed E-state index contributed by atoms with van der Waals surface area (Å²) in [6.07, 6.45) is 71.6. The van der Waals surface area contributed by atoms with Gasteiger partial charge in [-0.05, 0) is 116 Å². The van der Waals surface area contributed by atoms with E-state index in [-0.39, 0.29) is 25.2 Å². The lowest BCUT2D eigenvalue weighted by Gasteiger charge is -2.18. The van der Waals surface area contributed by atoms with Crippen LogP contribution in [0.15, 0.2) is 85.1 Å². The van der Waals surface area contributed by atoms with Crippen LogP contribution in [0.25, 0.3) is 0 Å². The number of esters is 2. The lowest BCUT2D eigenvalue weighted by Crippen LogP contribution is -2.30. The Hall–Kier alpha value is -2.92. The highest BCUT2D eigenvalue weighted by atomic mass is 16.6. The standard InChI is InChI=1S/C59H102O5/c1-4-7-10-13-16-19-22-25-28-30-32-34-37-40-43-46-49-52-58(60)63-56-57(55-62-54-51-48-45-42-39-36-33-29-26-23-20-17-14-11-8-5-2)64-59(61)53-50-47-44-41-38-35-31-27-24-21-18-15-12-9-6-3/h7,10,16-17,19-20,25-29,31-32,34,57H,4-6,8-9,11-15,18,21-24,30,33,35-56H2,1-3H3/b10-7-,19-16-,20-17-,28-25-,29-26-,31-27-,34-32-. The third-order valence-electron chi connectivity index (χ3n) is 11.4. The van der Waals surface area contributed by atoms with Crippen LogP contribution in [0.5, 0.6) is 0 Å². The molecule has 0 amide bonds. The third-order valence-corrected chi connectivity index (χ3v) is 11.4. The Kier molecular flexibility index (Phi) is 51.9. The van der Waals surface area contributed by atoms with Gasteiger partial charge in [-0.2, -0.15) is 0 Å². The van der Waals surface area contributed by atoms with E-state index in [1.165, 1.54) is 116 Å². The molecule has 0 aliphatic rings. The smallest absolute Gasteiger partial charge is 0.306 e. The lowest BCUT2D eigenvalue weighted by atomic mass is 10.1. The molecule has 5 heteroatoms. The summed E-state index contributed by atoms with van der Waals surface area (Å²) in [5.41, 5.74) is 0. The van der Waals surface area contributed by atoms with Gasteiger partial charge in [0.2, 0.25) is 0 Å². The van der Waals surface area contributed by atoms with Crippen molar-refractivity contribution in [3.05, 3.63) is 85.1 Å². The summed E-state index contributed by atoms with van der Waals surface area (Å²) in [6, 6.07) is 0. The molecule has 0 radical (unpaired) electrons. The normalized spacial score (nSPS) is 12.9. The summed E-state index contributed by atoms with van der Waals surface area (Å²) in [5, 5.41) is 0. The van der Waals surface area contributed by atoms with E-state index < -0.39 is 6.10 Å². The molecular weight excluding hydrogens is 789 g/mol. The Labute approximate surface area is 397 Å². The van der Waals surface area contributed by atoms with Gasteiger partial charge >= 0.3 is 11.9 Å². The summed E-state index contributed by atoms with van der Waals surface area (Å²) in [6.45, 7) is 7.64. The second kappa shape index (κ2) is 54.4. The van der Waals surface area contributed by atoms with E-state index in [2.05, 4.69) is 106 Å². The molecule has 1 unspecified atom stereocenters. The van der Waals surface area contributed by atoms with E-state index in [4.69, 9.17) is 14.2 Å². The highest BCUT2D eigenvalue weighted by Gasteiger charge is 2.17. The topological polar surface area (TPSA) is 61.8 Å². The van der Waals surface area contributed by atoms with Crippen LogP contribution in [0.1, 0.15) is 252 Å². The van der Waals surface area contributed by atoms with Gasteiger partial charge in [-0.25, -0.2) is 0 Å². The molecular formula is C59H102O5. The quantitative estimate of drug-likeness (QED) is 0.0346. The molecule has 0 fully saturated rings. The molecule has 0 N–H and O–H groups in total. The maximum atomic E-state index is 12.8. The Morgan fingerprint density at radius 3 is 1.17 bits per heavy atom. The number of ether oxygens (including phenoxy) is 3. The molecule has 0 saturated carbocycles. The molecule has 0 bridgehead atoms. The summed E-state index contributed by atoms with van der Waals surface area (Å²) < 4.78 is 17.4. The molecule has 0 saturated heterocycles. The largest absolute Gasteiger partial charge is 0.462 e. The molecule has 0 aliphatic heterocycles. The zero-order valence-corrected chi connectivity index (χ0v) is 42.3. The minimum absolute atomic E-state index is 0.0620. The first-order valence-corrected chi connectivity index (χ1v) is 27.1. The SMILES string of the molecule is CC/C=C\C/C=C\C/C=C\C/C=C\CCCCCCC(=O)OCC(COCCCCCCCC/C=C\C/C=C\CCCCC)OC(=O)CCCCCCC/C=C\CCCCCCCC. The van der Waals surface area contributed by atoms with Gasteiger partial charge in [0.15, 0.2) is 6.10 Å². The zero-order chi connectivity index (χ0) is 46.3. The highest BCUT2D eigenvalue weighted by Crippen LogP contribution is 2.13. The summed E-state index contributed by atoms with van der Waals surface area (Å²) in [5.74, 6) is -0.438. The number of carbonyl (C=O) groups excluding carboxylic acids is 2. The monoisotopic (exact) mass is 891 g/mol. The average molecular weight is 891 g/mol. The van der Waals surface area contributed by atoms with Crippen LogP contribution in [0.4, 0.5) is 0 Å². The average Bonchev–Trinajstić information content (AvgIpc) is 3.30. The van der Waals surface area contributed by atoms with Crippen molar-refractivity contribution in [2.75, 3.05) is 19.8 Å². The van der Waals surface area contributed by atoms with Crippen LogP contribution < -0.4 is 0 Å². The molecule has 0 aromatic heterocycles. The van der Waals surface area contributed by atoms with Crippen molar-refractivity contribution in [2.24, 2.45) is 0 Å². The van der Waals surface area contributed by atoms with Gasteiger partial charge in [0.25, 0.3) is 0 Å². The van der Waals surface area contributed by atoms with Crippen molar-refractivity contribution in [2.45, 2.75) is 258 Å². The summed E-state index contributed by atoms with van der Waals surface area (Å²) in [7, 11) is 0. The van der Waals surface area contributed by atoms with E-state index in [9.17, 15) is 9.59 Å². The van der Waals surface area contributed by atoms with E-state index >= 15 is 0 Å². The number of unbranched alkanes of at least 4 members (excludes halogenated alkanes) is 24. The number of carbonyl (C=O) groups is 2. The molecule has 0 spiro atoms. The zero-order valence-electron chi connectivity index (χ0n) is 42.3. The van der Waals surface area contributed by atoms with Gasteiger partial charge in [-0.3, -0.25) is 9.59 Å². The summed E-state index contributed by atoms with van der Waals surface area (Å²) in [4.78, 5) is 25.4. The van der Waals surface area contributed by atoms with Gasteiger partial charge in [-0.15, -0.1) is 0 Å². The first kappa shape index (κ1) is 61.1. The predicted molar refractivity (Wildman–Crippen MR) is 279 cm³/mol. The van der Waals surface area contributed by atoms with Gasteiger partial charge < -0.3 is 14.2 Å². The molecule has 5 nitrogen and oxygen atoms in total. The molecule has 0 heterocycles. The number of hydrogen-bond donors (Lipinski definition) is 0. The van der Waals surface area contributed by atoms with E-state index in [0.717, 1.165) is 103 Å². The fraction of sp³-hybridized carbons (Fsp3) is 0.729. The Morgan fingerprint density at radius 1 is 0.359 bits per heavy atom. The summed E-state index contributed by atoms with van der Waals surface area (Å²) >= 11 is 0. The second-order valence-electron chi connectivity index (χ2n) is 17.7. The molecule has 64 heavy (non-hydrogen) atoms. The highest BCUT2D eigenvalue weighted by molar-refractivity contribution is 5.70. The van der Waals surface area contributed by atoms with Gasteiger partial charge in [0.05, 0.1) is 6.61 Å². The van der Waals surface area contributed by atoms with E-state index in [1.54, 1.807) is 0 Å². The Bertz CT molecular complexity index is 1190. The molecule has 0 aromatic carbocycles. The Morgan fingerprint density at radius 2 is 0.703 bits per heavy atom. The number of allylic oxidation sites excluding steroid dienone is 14. The third kappa shape index (κ3) is 51.7. The van der Waals surface area contributed by atoms with Gasteiger partial charge in [0.1, 0.15) is 6.61 Å². The minimum atomic E-state index is -0.560. The number of rotatable bonds is 49. The lowest BCUT2D eigenvalue weighted by molar-refractivity contribution is -0.163. The minimum Gasteiger partial charge on any atom is -0.462 e. The second-order valence-corrected chi connectivity index (χ2v) is 17.7. The van der Waals surface area contributed by atoms with Crippen molar-refractivity contribution >= 4 is 11.9 Å². The Balaban J connectivity index is 4.36.